The van der Waals surface area contributed by atoms with E-state index < -0.39 is 29.4 Å². The molecule has 0 aliphatic heterocycles. The Morgan fingerprint density at radius 1 is 0.800 bits per heavy atom. The van der Waals surface area contributed by atoms with Gasteiger partial charge in [-0.05, 0) is 29.8 Å². The third-order valence-corrected chi connectivity index (χ3v) is 4.05. The first-order chi connectivity index (χ1) is 13.7. The molecule has 0 saturated heterocycles. The zero-order valence-corrected chi connectivity index (χ0v) is 15.4. The molecule has 3 N–H and O–H groups in total. The molecule has 0 saturated carbocycles. The van der Waals surface area contributed by atoms with Crippen LogP contribution in [-0.4, -0.2) is 29.3 Å². The van der Waals surface area contributed by atoms with Crippen LogP contribution in [0, 0.1) is 0 Å². The summed E-state index contributed by atoms with van der Waals surface area (Å²) in [4.78, 5) is 23.0. The van der Waals surface area contributed by atoms with Crippen LogP contribution in [-0.2, 0) is 21.6 Å². The van der Waals surface area contributed by atoms with Crippen molar-refractivity contribution in [3.05, 3.63) is 59.7 Å². The highest BCUT2D eigenvalue weighted by Gasteiger charge is 2.71. The van der Waals surface area contributed by atoms with Crippen LogP contribution in [0.1, 0.15) is 18.1 Å². The van der Waals surface area contributed by atoms with E-state index in [0.29, 0.717) is 23.4 Å². The van der Waals surface area contributed by atoms with Gasteiger partial charge < -0.3 is 15.7 Å². The molecule has 2 rings (SSSR count). The van der Waals surface area contributed by atoms with Gasteiger partial charge in [0, 0.05) is 23.9 Å². The molecule has 0 aliphatic carbocycles. The van der Waals surface area contributed by atoms with Crippen molar-refractivity contribution in [2.24, 2.45) is 0 Å². The van der Waals surface area contributed by atoms with Crippen molar-refractivity contribution >= 4 is 23.2 Å². The van der Waals surface area contributed by atoms with E-state index in [1.54, 1.807) is 24.3 Å². The first-order valence-electron chi connectivity index (χ1n) is 8.37. The van der Waals surface area contributed by atoms with E-state index in [9.17, 15) is 41.0 Å². The average Bonchev–Trinajstić information content (AvgIpc) is 2.61. The Morgan fingerprint density at radius 3 is 1.67 bits per heavy atom. The van der Waals surface area contributed by atoms with Gasteiger partial charge in [0.1, 0.15) is 0 Å². The normalized spacial score (nSPS) is 12.4. The van der Waals surface area contributed by atoms with E-state index in [-0.39, 0.29) is 18.0 Å². The van der Waals surface area contributed by atoms with E-state index in [0.717, 1.165) is 12.1 Å². The van der Waals surface area contributed by atoms with Gasteiger partial charge in [-0.1, -0.05) is 24.3 Å². The van der Waals surface area contributed by atoms with Crippen molar-refractivity contribution in [3.8, 4) is 0 Å². The summed E-state index contributed by atoms with van der Waals surface area (Å²) in [6.07, 6.45) is -12.1. The van der Waals surface area contributed by atoms with Gasteiger partial charge in [-0.2, -0.15) is 26.3 Å². The van der Waals surface area contributed by atoms with Gasteiger partial charge in [0.15, 0.2) is 0 Å². The Balaban J connectivity index is 2.10. The number of aliphatic hydroxyl groups is 1. The van der Waals surface area contributed by atoms with Gasteiger partial charge in [0.25, 0.3) is 5.60 Å². The van der Waals surface area contributed by atoms with Crippen LogP contribution in [0.25, 0.3) is 0 Å². The number of carbonyl (C=O) groups excluding carboxylic acids is 2. The highest BCUT2D eigenvalue weighted by molar-refractivity contribution is 5.92. The van der Waals surface area contributed by atoms with E-state index >= 15 is 0 Å². The Morgan fingerprint density at radius 2 is 1.23 bits per heavy atom. The fourth-order valence-electron chi connectivity index (χ4n) is 2.58. The number of rotatable bonds is 5. The molecule has 0 aromatic heterocycles. The molecule has 2 aromatic rings. The third-order valence-electron chi connectivity index (χ3n) is 4.05. The maximum Gasteiger partial charge on any atom is 0.430 e. The summed E-state index contributed by atoms with van der Waals surface area (Å²) in [5.41, 5.74) is -5.43. The Labute approximate surface area is 166 Å². The summed E-state index contributed by atoms with van der Waals surface area (Å²) in [7, 11) is 0. The molecule has 0 aliphatic rings. The monoisotopic (exact) mass is 434 g/mol. The zero-order chi connectivity index (χ0) is 22.7. The van der Waals surface area contributed by atoms with Crippen LogP contribution in [0.4, 0.5) is 37.7 Å². The Hall–Kier alpha value is -3.08. The Kier molecular flexibility index (Phi) is 6.45. The molecule has 0 unspecified atom stereocenters. The average molecular weight is 434 g/mol. The minimum absolute atomic E-state index is 0.0506. The predicted molar refractivity (Wildman–Crippen MR) is 95.5 cm³/mol. The van der Waals surface area contributed by atoms with Crippen molar-refractivity contribution < 1.29 is 41.0 Å². The highest BCUT2D eigenvalue weighted by Crippen LogP contribution is 2.50. The van der Waals surface area contributed by atoms with Gasteiger partial charge in [0.05, 0.1) is 6.42 Å². The second kappa shape index (κ2) is 8.34. The number of halogens is 6. The number of carbonyl (C=O) groups is 2. The molecule has 0 fully saturated rings. The van der Waals surface area contributed by atoms with Crippen LogP contribution in [0.15, 0.2) is 48.5 Å². The number of alkyl halides is 6. The molecular weight excluding hydrogens is 418 g/mol. The minimum Gasteiger partial charge on any atom is -0.369 e. The van der Waals surface area contributed by atoms with Gasteiger partial charge in [0.2, 0.25) is 11.8 Å². The first kappa shape index (κ1) is 23.2. The number of amides is 2. The lowest BCUT2D eigenvalue weighted by molar-refractivity contribution is -0.376. The van der Waals surface area contributed by atoms with Crippen molar-refractivity contribution in [3.63, 3.8) is 0 Å². The van der Waals surface area contributed by atoms with Crippen LogP contribution in [0.2, 0.25) is 0 Å². The largest absolute Gasteiger partial charge is 0.430 e. The van der Waals surface area contributed by atoms with Crippen LogP contribution < -0.4 is 10.6 Å². The quantitative estimate of drug-likeness (QED) is 0.619. The summed E-state index contributed by atoms with van der Waals surface area (Å²) < 4.78 is 77.2. The molecular formula is C19H16F6N2O3. The lowest BCUT2D eigenvalue weighted by Crippen LogP contribution is -2.53. The minimum atomic E-state index is -5.99. The SMILES string of the molecule is CC(=O)Nc1ccc(CC(=O)Nc2ccc(C(O)(C(F)(F)F)C(F)(F)F)cc2)cc1. The molecule has 0 spiro atoms. The van der Waals surface area contributed by atoms with E-state index in [1.165, 1.54) is 6.92 Å². The lowest BCUT2D eigenvalue weighted by Gasteiger charge is -2.32. The molecule has 0 bridgehead atoms. The number of anilines is 2. The van der Waals surface area contributed by atoms with Gasteiger partial charge in [-0.3, -0.25) is 9.59 Å². The number of benzene rings is 2. The number of hydrogen-bond acceptors (Lipinski definition) is 3. The van der Waals surface area contributed by atoms with Crippen LogP contribution in [0.5, 0.6) is 0 Å². The summed E-state index contributed by atoms with van der Waals surface area (Å²) >= 11 is 0. The summed E-state index contributed by atoms with van der Waals surface area (Å²) in [5, 5.41) is 14.2. The standard InChI is InChI=1S/C19H16F6N2O3/c1-11(28)26-14-6-2-12(3-7-14)10-16(29)27-15-8-4-13(5-9-15)17(30,18(20,21)22)19(23,24)25/h2-9,30H,10H2,1H3,(H,26,28)(H,27,29). The Bertz CT molecular complexity index is 892. The number of hydrogen-bond donors (Lipinski definition) is 3. The van der Waals surface area contributed by atoms with Gasteiger partial charge in [-0.25, -0.2) is 0 Å². The van der Waals surface area contributed by atoms with E-state index in [4.69, 9.17) is 0 Å². The number of nitrogens with one attached hydrogen (secondary N) is 2. The smallest absolute Gasteiger partial charge is 0.369 e. The fraction of sp³-hybridized carbons (Fsp3) is 0.263. The second-order valence-electron chi connectivity index (χ2n) is 6.39. The van der Waals surface area contributed by atoms with Crippen molar-refractivity contribution in [2.45, 2.75) is 31.3 Å². The summed E-state index contributed by atoms with van der Waals surface area (Å²) in [6, 6.07) is 8.81. The van der Waals surface area contributed by atoms with Crippen LogP contribution >= 0.6 is 0 Å². The lowest BCUT2D eigenvalue weighted by atomic mass is 9.92. The van der Waals surface area contributed by atoms with Crippen molar-refractivity contribution in [1.82, 2.24) is 0 Å². The first-order valence-corrected chi connectivity index (χ1v) is 8.37. The summed E-state index contributed by atoms with van der Waals surface area (Å²) in [5.74, 6) is -0.844. The molecule has 2 aromatic carbocycles. The second-order valence-corrected chi connectivity index (χ2v) is 6.39. The van der Waals surface area contributed by atoms with E-state index in [2.05, 4.69) is 10.6 Å². The topological polar surface area (TPSA) is 78.4 Å². The van der Waals surface area contributed by atoms with E-state index in [1.807, 2.05) is 0 Å². The molecule has 0 atom stereocenters. The van der Waals surface area contributed by atoms with Crippen molar-refractivity contribution in [2.75, 3.05) is 10.6 Å². The molecule has 5 nitrogen and oxygen atoms in total. The van der Waals surface area contributed by atoms with Gasteiger partial charge >= 0.3 is 12.4 Å². The predicted octanol–water partition coefficient (Wildman–Crippen LogP) is 4.14. The third kappa shape index (κ3) is 5.09. The molecule has 0 radical (unpaired) electrons. The zero-order valence-electron chi connectivity index (χ0n) is 15.4. The molecule has 11 heteroatoms. The van der Waals surface area contributed by atoms with Crippen LogP contribution in [0.3, 0.4) is 0 Å². The highest BCUT2D eigenvalue weighted by atomic mass is 19.4. The molecule has 0 heterocycles. The maximum atomic E-state index is 12.9. The van der Waals surface area contributed by atoms with Crippen molar-refractivity contribution in [1.29, 1.82) is 0 Å². The summed E-state index contributed by atoms with van der Waals surface area (Å²) in [6.45, 7) is 1.33. The molecule has 30 heavy (non-hydrogen) atoms. The maximum absolute atomic E-state index is 12.9. The fourth-order valence-corrected chi connectivity index (χ4v) is 2.58. The van der Waals surface area contributed by atoms with Gasteiger partial charge in [-0.15, -0.1) is 0 Å². The molecule has 2 amide bonds. The molecule has 162 valence electrons.